The number of halogens is 2. The second-order valence-corrected chi connectivity index (χ2v) is 10.2. The summed E-state index contributed by atoms with van der Waals surface area (Å²) in [5, 5.41) is 0. The van der Waals surface area contributed by atoms with Crippen LogP contribution in [0.5, 0.6) is 0 Å². The van der Waals surface area contributed by atoms with Crippen LogP contribution in [0, 0.1) is 41.2 Å². The predicted octanol–water partition coefficient (Wildman–Crippen LogP) is 8.09. The second kappa shape index (κ2) is 9.72. The van der Waals surface area contributed by atoms with Gasteiger partial charge in [-0.1, -0.05) is 57.4 Å². The Kier molecular flexibility index (Phi) is 7.07. The molecule has 4 rings (SSSR count). The molecule has 0 nitrogen and oxygen atoms in total. The van der Waals surface area contributed by atoms with Crippen LogP contribution in [0.3, 0.4) is 0 Å². The van der Waals surface area contributed by atoms with Crippen LogP contribution in [0.4, 0.5) is 8.78 Å². The smallest absolute Gasteiger partial charge is 0.159 e. The number of rotatable bonds is 6. The van der Waals surface area contributed by atoms with Crippen LogP contribution in [-0.4, -0.2) is 0 Å². The van der Waals surface area contributed by atoms with E-state index in [2.05, 4.69) is 0 Å². The Morgan fingerprint density at radius 2 is 1.21 bits per heavy atom. The minimum Gasteiger partial charge on any atom is -0.204 e. The fraction of sp³-hybridized carbons (Fsp3) is 0.769. The Hall–Kier alpha value is -0.920. The van der Waals surface area contributed by atoms with Crippen LogP contribution >= 0.6 is 0 Å². The molecule has 0 heterocycles. The van der Waals surface area contributed by atoms with E-state index in [1.165, 1.54) is 95.6 Å². The van der Waals surface area contributed by atoms with Gasteiger partial charge < -0.3 is 0 Å². The molecular weight excluding hydrogens is 350 g/mol. The third kappa shape index (κ3) is 5.36. The molecule has 28 heavy (non-hydrogen) atoms. The highest BCUT2D eigenvalue weighted by Gasteiger charge is 2.31. The molecule has 0 unspecified atom stereocenters. The quantitative estimate of drug-likeness (QED) is 0.462. The minimum atomic E-state index is -0.734. The van der Waals surface area contributed by atoms with Crippen molar-refractivity contribution in [1.82, 2.24) is 0 Å². The van der Waals surface area contributed by atoms with E-state index < -0.39 is 11.6 Å². The summed E-state index contributed by atoms with van der Waals surface area (Å²) in [6.07, 6.45) is 21.0. The molecule has 0 radical (unpaired) electrons. The lowest BCUT2D eigenvalue weighted by molar-refractivity contribution is 0.135. The van der Waals surface area contributed by atoms with Gasteiger partial charge >= 0.3 is 0 Å². The average Bonchev–Trinajstić information content (AvgIpc) is 3.23. The van der Waals surface area contributed by atoms with Crippen molar-refractivity contribution in [2.45, 2.75) is 96.3 Å². The van der Waals surface area contributed by atoms with Crippen molar-refractivity contribution in [3.05, 3.63) is 35.4 Å². The highest BCUT2D eigenvalue weighted by atomic mass is 19.2. The Morgan fingerprint density at radius 1 is 0.643 bits per heavy atom. The van der Waals surface area contributed by atoms with E-state index >= 15 is 0 Å². The van der Waals surface area contributed by atoms with Crippen LogP contribution in [-0.2, 0) is 6.42 Å². The molecule has 0 saturated heterocycles. The van der Waals surface area contributed by atoms with Gasteiger partial charge in [-0.2, -0.15) is 0 Å². The molecule has 0 aliphatic heterocycles. The van der Waals surface area contributed by atoms with Gasteiger partial charge in [0.25, 0.3) is 0 Å². The standard InChI is InChI=1S/C26H38F2/c27-25-16-11-22(18-26(25)28)6-5-19-7-12-23(13-8-19)24-14-9-21(10-15-24)17-20-3-1-2-4-20/h11,16,18-21,23-24H,1-10,12-15,17H2. The molecule has 0 N–H and O–H groups in total. The summed E-state index contributed by atoms with van der Waals surface area (Å²) >= 11 is 0. The Labute approximate surface area is 170 Å². The topological polar surface area (TPSA) is 0 Å². The summed E-state index contributed by atoms with van der Waals surface area (Å²) in [6.45, 7) is 0. The summed E-state index contributed by atoms with van der Waals surface area (Å²) < 4.78 is 26.4. The first-order valence-electron chi connectivity index (χ1n) is 12.1. The lowest BCUT2D eigenvalue weighted by atomic mass is 9.67. The zero-order chi connectivity index (χ0) is 19.3. The van der Waals surface area contributed by atoms with E-state index in [9.17, 15) is 8.78 Å². The van der Waals surface area contributed by atoms with Gasteiger partial charge in [0.1, 0.15) is 0 Å². The van der Waals surface area contributed by atoms with E-state index in [-0.39, 0.29) is 0 Å². The molecule has 3 aliphatic rings. The van der Waals surface area contributed by atoms with Crippen molar-refractivity contribution in [2.75, 3.05) is 0 Å². The molecule has 3 saturated carbocycles. The highest BCUT2D eigenvalue weighted by Crippen LogP contribution is 2.44. The summed E-state index contributed by atoms with van der Waals surface area (Å²) in [6, 6.07) is 4.39. The van der Waals surface area contributed by atoms with Gasteiger partial charge in [-0.3, -0.25) is 0 Å². The zero-order valence-corrected chi connectivity index (χ0v) is 17.5. The third-order valence-electron chi connectivity index (χ3n) is 8.42. The maximum absolute atomic E-state index is 13.4. The van der Waals surface area contributed by atoms with Crippen LogP contribution in [0.15, 0.2) is 18.2 Å². The monoisotopic (exact) mass is 388 g/mol. The van der Waals surface area contributed by atoms with E-state index in [0.717, 1.165) is 48.0 Å². The average molecular weight is 389 g/mol. The fourth-order valence-corrected chi connectivity index (χ4v) is 6.63. The lowest BCUT2D eigenvalue weighted by Gasteiger charge is -2.38. The fourth-order valence-electron chi connectivity index (χ4n) is 6.63. The molecule has 0 spiro atoms. The van der Waals surface area contributed by atoms with Crippen LogP contribution in [0.2, 0.25) is 0 Å². The number of hydrogen-bond acceptors (Lipinski definition) is 0. The lowest BCUT2D eigenvalue weighted by Crippen LogP contribution is -2.26. The summed E-state index contributed by atoms with van der Waals surface area (Å²) in [4.78, 5) is 0. The molecule has 0 aromatic heterocycles. The Bertz CT molecular complexity index is 603. The van der Waals surface area contributed by atoms with Crippen molar-refractivity contribution in [3.63, 3.8) is 0 Å². The van der Waals surface area contributed by atoms with Gasteiger partial charge in [0.2, 0.25) is 0 Å². The van der Waals surface area contributed by atoms with Crippen molar-refractivity contribution >= 4 is 0 Å². The molecule has 1 aromatic rings. The van der Waals surface area contributed by atoms with Gasteiger partial charge in [0, 0.05) is 0 Å². The molecule has 0 amide bonds. The highest BCUT2D eigenvalue weighted by molar-refractivity contribution is 5.17. The normalized spacial score (nSPS) is 31.9. The van der Waals surface area contributed by atoms with E-state index in [4.69, 9.17) is 0 Å². The van der Waals surface area contributed by atoms with Crippen molar-refractivity contribution in [3.8, 4) is 0 Å². The Balaban J connectivity index is 1.15. The number of hydrogen-bond donors (Lipinski definition) is 0. The molecule has 3 aliphatic carbocycles. The molecule has 0 bridgehead atoms. The SMILES string of the molecule is Fc1ccc(CCC2CCC(C3CCC(CC4CCCC4)CC3)CC2)cc1F. The van der Waals surface area contributed by atoms with Crippen LogP contribution in [0.25, 0.3) is 0 Å². The summed E-state index contributed by atoms with van der Waals surface area (Å²) in [5.41, 5.74) is 0.946. The van der Waals surface area contributed by atoms with E-state index in [0.29, 0.717) is 0 Å². The second-order valence-electron chi connectivity index (χ2n) is 10.2. The van der Waals surface area contributed by atoms with Gasteiger partial charge in [-0.15, -0.1) is 0 Å². The van der Waals surface area contributed by atoms with E-state index in [1.807, 2.05) is 0 Å². The van der Waals surface area contributed by atoms with E-state index in [1.54, 1.807) is 6.07 Å². The van der Waals surface area contributed by atoms with Crippen LogP contribution < -0.4 is 0 Å². The number of aryl methyl sites for hydroxylation is 1. The summed E-state index contributed by atoms with van der Waals surface area (Å²) in [5.74, 6) is 3.40. The van der Waals surface area contributed by atoms with Crippen molar-refractivity contribution in [1.29, 1.82) is 0 Å². The van der Waals surface area contributed by atoms with Gasteiger partial charge in [0.15, 0.2) is 11.6 Å². The number of benzene rings is 1. The first-order chi connectivity index (χ1) is 13.7. The summed E-state index contributed by atoms with van der Waals surface area (Å²) in [7, 11) is 0. The molecule has 1 aromatic carbocycles. The van der Waals surface area contributed by atoms with Crippen LogP contribution in [0.1, 0.15) is 95.5 Å². The first-order valence-corrected chi connectivity index (χ1v) is 12.1. The maximum atomic E-state index is 13.4. The molecule has 0 atom stereocenters. The van der Waals surface area contributed by atoms with Gasteiger partial charge in [0.05, 0.1) is 0 Å². The van der Waals surface area contributed by atoms with Gasteiger partial charge in [-0.05, 0) is 92.2 Å². The maximum Gasteiger partial charge on any atom is 0.159 e. The molecule has 3 fully saturated rings. The predicted molar refractivity (Wildman–Crippen MR) is 112 cm³/mol. The largest absolute Gasteiger partial charge is 0.204 e. The molecule has 2 heteroatoms. The third-order valence-corrected chi connectivity index (χ3v) is 8.42. The molecular formula is C26H38F2. The van der Waals surface area contributed by atoms with Gasteiger partial charge in [-0.25, -0.2) is 8.78 Å². The van der Waals surface area contributed by atoms with Crippen molar-refractivity contribution in [2.24, 2.45) is 29.6 Å². The molecule has 156 valence electrons. The minimum absolute atomic E-state index is 0.704. The Morgan fingerprint density at radius 3 is 1.82 bits per heavy atom. The van der Waals surface area contributed by atoms with Crippen molar-refractivity contribution < 1.29 is 8.78 Å². The zero-order valence-electron chi connectivity index (χ0n) is 17.5. The first kappa shape index (κ1) is 20.4.